The van der Waals surface area contributed by atoms with Gasteiger partial charge in [-0.05, 0) is 12.5 Å². The van der Waals surface area contributed by atoms with Gasteiger partial charge < -0.3 is 9.47 Å². The van der Waals surface area contributed by atoms with E-state index in [1.54, 1.807) is 0 Å². The standard InChI is InChI=1S/C16H14F5N3O/c17-10-7-24-12(5-11(10)23-3-1-2-13(23)25)14(18)9-4-8(16(19,20)21)6-22-15(9)24/h4,6,10-11H,1-3,5,7H2. The number of fused-ring (bicyclic) bond motifs is 3. The summed E-state index contributed by atoms with van der Waals surface area (Å²) in [5, 5.41) is -0.273. The summed E-state index contributed by atoms with van der Waals surface area (Å²) < 4.78 is 69.1. The number of halogens is 5. The van der Waals surface area contributed by atoms with Gasteiger partial charge in [0.25, 0.3) is 0 Å². The molecule has 2 unspecified atom stereocenters. The smallest absolute Gasteiger partial charge is 0.336 e. The minimum atomic E-state index is -4.64. The van der Waals surface area contributed by atoms with Crippen LogP contribution in [0, 0.1) is 5.82 Å². The van der Waals surface area contributed by atoms with Crippen LogP contribution in [0.2, 0.25) is 0 Å². The fraction of sp³-hybridized carbons (Fsp3) is 0.500. The van der Waals surface area contributed by atoms with Crippen LogP contribution in [0.3, 0.4) is 0 Å². The molecule has 0 aromatic carbocycles. The Kier molecular flexibility index (Phi) is 3.52. The normalized spacial score (nSPS) is 24.2. The molecule has 0 N–H and O–H groups in total. The molecule has 0 aliphatic carbocycles. The molecule has 0 bridgehead atoms. The lowest BCUT2D eigenvalue weighted by molar-refractivity contribution is -0.137. The second-order valence-electron chi connectivity index (χ2n) is 6.44. The number of nitrogens with zero attached hydrogens (tertiary/aromatic N) is 3. The van der Waals surface area contributed by atoms with Crippen LogP contribution in [-0.4, -0.2) is 39.1 Å². The van der Waals surface area contributed by atoms with E-state index in [0.29, 0.717) is 31.6 Å². The summed E-state index contributed by atoms with van der Waals surface area (Å²) >= 11 is 0. The van der Waals surface area contributed by atoms with Gasteiger partial charge in [-0.25, -0.2) is 13.8 Å². The van der Waals surface area contributed by atoms with Gasteiger partial charge >= 0.3 is 6.18 Å². The van der Waals surface area contributed by atoms with Crippen LogP contribution >= 0.6 is 0 Å². The third kappa shape index (κ3) is 2.47. The maximum absolute atomic E-state index is 14.7. The molecule has 134 valence electrons. The third-order valence-corrected chi connectivity index (χ3v) is 4.95. The minimum Gasteiger partial charge on any atom is -0.336 e. The predicted molar refractivity (Wildman–Crippen MR) is 78.0 cm³/mol. The van der Waals surface area contributed by atoms with E-state index in [-0.39, 0.29) is 35.6 Å². The molecule has 0 saturated carbocycles. The van der Waals surface area contributed by atoms with Crippen LogP contribution in [0.4, 0.5) is 22.0 Å². The summed E-state index contributed by atoms with van der Waals surface area (Å²) in [6.07, 6.45) is -4.54. The molecule has 1 fully saturated rings. The van der Waals surface area contributed by atoms with E-state index in [2.05, 4.69) is 4.98 Å². The molecular formula is C16H14F5N3O. The number of aromatic nitrogens is 2. The zero-order chi connectivity index (χ0) is 17.9. The lowest BCUT2D eigenvalue weighted by Crippen LogP contribution is -2.48. The highest BCUT2D eigenvalue weighted by Crippen LogP contribution is 2.36. The minimum absolute atomic E-state index is 0.00523. The zero-order valence-corrected chi connectivity index (χ0v) is 13.0. The van der Waals surface area contributed by atoms with E-state index in [4.69, 9.17) is 0 Å². The largest absolute Gasteiger partial charge is 0.417 e. The lowest BCUT2D eigenvalue weighted by Gasteiger charge is -2.34. The Morgan fingerprint density at radius 2 is 2.04 bits per heavy atom. The second-order valence-corrected chi connectivity index (χ2v) is 6.44. The summed E-state index contributed by atoms with van der Waals surface area (Å²) in [4.78, 5) is 17.0. The molecule has 2 aromatic rings. The van der Waals surface area contributed by atoms with E-state index in [9.17, 15) is 26.7 Å². The zero-order valence-electron chi connectivity index (χ0n) is 13.0. The van der Waals surface area contributed by atoms with Crippen LogP contribution < -0.4 is 0 Å². The first-order chi connectivity index (χ1) is 11.8. The van der Waals surface area contributed by atoms with E-state index >= 15 is 0 Å². The van der Waals surface area contributed by atoms with Crippen molar-refractivity contribution in [3.8, 4) is 0 Å². The Morgan fingerprint density at radius 1 is 1.28 bits per heavy atom. The van der Waals surface area contributed by atoms with Crippen molar-refractivity contribution < 1.29 is 26.7 Å². The van der Waals surface area contributed by atoms with Crippen molar-refractivity contribution in [1.82, 2.24) is 14.5 Å². The fourth-order valence-electron chi connectivity index (χ4n) is 3.73. The van der Waals surface area contributed by atoms with Gasteiger partial charge in [-0.1, -0.05) is 0 Å². The number of rotatable bonds is 1. The maximum Gasteiger partial charge on any atom is 0.417 e. The second kappa shape index (κ2) is 5.40. The molecule has 1 amide bonds. The molecule has 4 rings (SSSR count). The lowest BCUT2D eigenvalue weighted by atomic mass is 10.0. The van der Waals surface area contributed by atoms with Crippen LogP contribution in [0.25, 0.3) is 11.0 Å². The highest BCUT2D eigenvalue weighted by Gasteiger charge is 2.40. The molecule has 4 nitrogen and oxygen atoms in total. The van der Waals surface area contributed by atoms with Gasteiger partial charge in [0.1, 0.15) is 11.8 Å². The number of pyridine rings is 1. The van der Waals surface area contributed by atoms with Crippen molar-refractivity contribution in [1.29, 1.82) is 0 Å². The maximum atomic E-state index is 14.7. The number of likely N-dealkylation sites (tertiary alicyclic amines) is 1. The Bertz CT molecular complexity index is 860. The molecule has 2 aliphatic rings. The van der Waals surface area contributed by atoms with Crippen molar-refractivity contribution in [3.05, 3.63) is 29.3 Å². The molecule has 2 aliphatic heterocycles. The SMILES string of the molecule is O=C1CCCN1C1Cc2c(F)c3cc(C(F)(F)F)cnc3n2CC1F. The Morgan fingerprint density at radius 3 is 2.68 bits per heavy atom. The van der Waals surface area contributed by atoms with Gasteiger partial charge in [0.15, 0.2) is 5.82 Å². The van der Waals surface area contributed by atoms with E-state index in [1.807, 2.05) is 0 Å². The summed E-state index contributed by atoms with van der Waals surface area (Å²) in [5.74, 6) is -0.993. The van der Waals surface area contributed by atoms with E-state index in [0.717, 1.165) is 0 Å². The molecule has 4 heterocycles. The number of hydrogen-bond acceptors (Lipinski definition) is 2. The van der Waals surface area contributed by atoms with Crippen LogP contribution in [0.5, 0.6) is 0 Å². The molecular weight excluding hydrogens is 345 g/mol. The first kappa shape index (κ1) is 16.3. The number of amides is 1. The number of hydrogen-bond donors (Lipinski definition) is 0. The summed E-state index contributed by atoms with van der Waals surface area (Å²) in [6, 6.07) is -0.0879. The number of alkyl halides is 4. The van der Waals surface area contributed by atoms with Crippen molar-refractivity contribution in [2.75, 3.05) is 6.54 Å². The van der Waals surface area contributed by atoms with Crippen molar-refractivity contribution in [2.45, 2.75) is 44.2 Å². The quantitative estimate of drug-likeness (QED) is 0.734. The van der Waals surface area contributed by atoms with E-state index < -0.39 is 29.8 Å². The summed E-state index contributed by atoms with van der Waals surface area (Å²) in [7, 11) is 0. The Labute approximate surface area is 139 Å². The fourth-order valence-corrected chi connectivity index (χ4v) is 3.73. The van der Waals surface area contributed by atoms with Crippen molar-refractivity contribution in [3.63, 3.8) is 0 Å². The Balaban J connectivity index is 1.78. The van der Waals surface area contributed by atoms with Crippen molar-refractivity contribution >= 4 is 16.9 Å². The molecule has 25 heavy (non-hydrogen) atoms. The molecule has 0 radical (unpaired) electrons. The van der Waals surface area contributed by atoms with E-state index in [1.165, 1.54) is 9.47 Å². The number of carbonyl (C=O) groups is 1. The van der Waals surface area contributed by atoms with Gasteiger partial charge in [0.05, 0.1) is 29.2 Å². The van der Waals surface area contributed by atoms with Gasteiger partial charge in [-0.2, -0.15) is 13.2 Å². The molecule has 2 aromatic heterocycles. The van der Waals surface area contributed by atoms with Crippen LogP contribution in [0.1, 0.15) is 24.1 Å². The first-order valence-electron chi connectivity index (χ1n) is 7.94. The molecule has 9 heteroatoms. The average Bonchev–Trinajstić information content (AvgIpc) is 3.08. The predicted octanol–water partition coefficient (Wildman–Crippen LogP) is 3.08. The van der Waals surface area contributed by atoms with Gasteiger partial charge in [-0.3, -0.25) is 4.79 Å². The Hall–Kier alpha value is -2.19. The van der Waals surface area contributed by atoms with Gasteiger partial charge in [-0.15, -0.1) is 0 Å². The molecule has 1 saturated heterocycles. The van der Waals surface area contributed by atoms with Crippen LogP contribution in [0.15, 0.2) is 12.3 Å². The summed E-state index contributed by atoms with van der Waals surface area (Å²) in [5.41, 5.74) is -0.959. The topological polar surface area (TPSA) is 38.1 Å². The number of carbonyl (C=O) groups excluding carboxylic acids is 1. The monoisotopic (exact) mass is 359 g/mol. The van der Waals surface area contributed by atoms with Crippen molar-refractivity contribution in [2.24, 2.45) is 0 Å². The third-order valence-electron chi connectivity index (χ3n) is 4.95. The average molecular weight is 359 g/mol. The van der Waals surface area contributed by atoms with Gasteiger partial charge in [0.2, 0.25) is 5.91 Å². The highest BCUT2D eigenvalue weighted by molar-refractivity contribution is 5.80. The highest BCUT2D eigenvalue weighted by atomic mass is 19.4. The van der Waals surface area contributed by atoms with Gasteiger partial charge in [0, 0.05) is 25.6 Å². The molecule has 2 atom stereocenters. The summed E-state index contributed by atoms with van der Waals surface area (Å²) in [6.45, 7) is 0.185. The van der Waals surface area contributed by atoms with Crippen LogP contribution in [-0.2, 0) is 23.9 Å². The first-order valence-corrected chi connectivity index (χ1v) is 7.94. The molecule has 0 spiro atoms.